The molecule has 3 aromatic rings. The van der Waals surface area contributed by atoms with Crippen LogP contribution in [0.3, 0.4) is 0 Å². The Morgan fingerprint density at radius 3 is 2.56 bits per heavy atom. The molecule has 1 saturated carbocycles. The summed E-state index contributed by atoms with van der Waals surface area (Å²) >= 11 is 0. The van der Waals surface area contributed by atoms with Gasteiger partial charge in [0.15, 0.2) is 0 Å². The third-order valence-electron chi connectivity index (χ3n) is 6.25. The maximum atomic E-state index is 5.67. The van der Waals surface area contributed by atoms with E-state index >= 15 is 0 Å². The van der Waals surface area contributed by atoms with Gasteiger partial charge in [0, 0.05) is 17.3 Å². The zero-order chi connectivity index (χ0) is 18.4. The highest BCUT2D eigenvalue weighted by Gasteiger charge is 2.31. The second-order valence-corrected chi connectivity index (χ2v) is 8.30. The van der Waals surface area contributed by atoms with E-state index in [2.05, 4.69) is 42.1 Å². The Labute approximate surface area is 159 Å². The van der Waals surface area contributed by atoms with Crippen molar-refractivity contribution < 1.29 is 4.52 Å². The van der Waals surface area contributed by atoms with Crippen LogP contribution in [0.4, 0.5) is 0 Å². The topological polar surface area (TPSA) is 60.0 Å². The van der Waals surface area contributed by atoms with E-state index in [0.717, 1.165) is 54.5 Å². The molecule has 1 saturated heterocycles. The molecule has 6 heteroatoms. The van der Waals surface area contributed by atoms with E-state index in [9.17, 15) is 0 Å². The van der Waals surface area contributed by atoms with Crippen molar-refractivity contribution in [3.63, 3.8) is 0 Å². The van der Waals surface area contributed by atoms with Crippen LogP contribution in [0.15, 0.2) is 28.8 Å². The van der Waals surface area contributed by atoms with Gasteiger partial charge in [-0.3, -0.25) is 0 Å². The molecule has 2 fully saturated rings. The normalized spacial score (nSPS) is 19.8. The molecule has 0 spiro atoms. The van der Waals surface area contributed by atoms with Crippen LogP contribution in [0.25, 0.3) is 16.9 Å². The van der Waals surface area contributed by atoms with Gasteiger partial charge < -0.3 is 9.42 Å². The van der Waals surface area contributed by atoms with Crippen LogP contribution in [-0.4, -0.2) is 44.0 Å². The van der Waals surface area contributed by atoms with E-state index in [1.54, 1.807) is 0 Å². The molecule has 0 radical (unpaired) electrons. The highest BCUT2D eigenvalue weighted by Crippen LogP contribution is 2.33. The Balaban J connectivity index is 1.39. The summed E-state index contributed by atoms with van der Waals surface area (Å²) in [4.78, 5) is 7.38. The molecule has 0 amide bonds. The van der Waals surface area contributed by atoms with Crippen molar-refractivity contribution in [1.82, 2.24) is 24.8 Å². The van der Waals surface area contributed by atoms with Gasteiger partial charge in [0.1, 0.15) is 0 Å². The lowest BCUT2D eigenvalue weighted by Gasteiger charge is -2.41. The molecule has 142 valence electrons. The van der Waals surface area contributed by atoms with Gasteiger partial charge in [0.05, 0.1) is 11.2 Å². The second kappa shape index (κ2) is 6.75. The summed E-state index contributed by atoms with van der Waals surface area (Å²) in [6.45, 7) is 6.62. The number of aromatic nitrogens is 4. The zero-order valence-corrected chi connectivity index (χ0v) is 16.1. The summed E-state index contributed by atoms with van der Waals surface area (Å²) in [6.07, 6.45) is 6.36. The lowest BCUT2D eigenvalue weighted by molar-refractivity contribution is 0.0923. The van der Waals surface area contributed by atoms with Crippen LogP contribution < -0.4 is 0 Å². The third kappa shape index (κ3) is 2.96. The van der Waals surface area contributed by atoms with Crippen molar-refractivity contribution >= 4 is 10.9 Å². The van der Waals surface area contributed by atoms with Crippen molar-refractivity contribution in [3.8, 4) is 5.95 Å². The molecule has 1 aliphatic heterocycles. The molecule has 1 aromatic carbocycles. The van der Waals surface area contributed by atoms with Crippen LogP contribution in [0.1, 0.15) is 69.4 Å². The van der Waals surface area contributed by atoms with Crippen molar-refractivity contribution in [2.75, 3.05) is 13.1 Å². The number of para-hydroxylation sites is 1. The smallest absolute Gasteiger partial charge is 0.291 e. The number of piperidine rings is 1. The van der Waals surface area contributed by atoms with Crippen molar-refractivity contribution in [3.05, 3.63) is 35.9 Å². The lowest BCUT2D eigenvalue weighted by atomic mass is 9.88. The number of hydrogen-bond acceptors (Lipinski definition) is 5. The minimum absolute atomic E-state index is 0.346. The number of hydrogen-bond donors (Lipinski definition) is 0. The molecule has 6 nitrogen and oxygen atoms in total. The second-order valence-electron chi connectivity index (χ2n) is 8.30. The molecular weight excluding hydrogens is 338 g/mol. The van der Waals surface area contributed by atoms with Crippen LogP contribution in [0, 0.1) is 0 Å². The van der Waals surface area contributed by atoms with Crippen molar-refractivity contribution in [1.29, 1.82) is 0 Å². The summed E-state index contributed by atoms with van der Waals surface area (Å²) in [5.74, 6) is 2.03. The van der Waals surface area contributed by atoms with Gasteiger partial charge in [-0.05, 0) is 55.9 Å². The number of fused-ring (bicyclic) bond motifs is 1. The zero-order valence-electron chi connectivity index (χ0n) is 16.1. The minimum atomic E-state index is 0.346. The molecule has 2 aromatic heterocycles. The average molecular weight is 365 g/mol. The Kier molecular flexibility index (Phi) is 4.23. The molecule has 27 heavy (non-hydrogen) atoms. The average Bonchev–Trinajstić information content (AvgIpc) is 3.25. The fraction of sp³-hybridized carbons (Fsp3) is 0.571. The van der Waals surface area contributed by atoms with E-state index in [1.165, 1.54) is 19.3 Å². The lowest BCUT2D eigenvalue weighted by Crippen LogP contribution is -2.44. The summed E-state index contributed by atoms with van der Waals surface area (Å²) in [5, 5.41) is 10.2. The maximum absolute atomic E-state index is 5.67. The van der Waals surface area contributed by atoms with Gasteiger partial charge in [-0.2, -0.15) is 14.8 Å². The van der Waals surface area contributed by atoms with Crippen LogP contribution in [0.5, 0.6) is 0 Å². The van der Waals surface area contributed by atoms with Crippen molar-refractivity contribution in [2.45, 2.75) is 63.8 Å². The number of benzene rings is 1. The van der Waals surface area contributed by atoms with Gasteiger partial charge in [-0.25, -0.2) is 0 Å². The van der Waals surface area contributed by atoms with Gasteiger partial charge in [-0.15, -0.1) is 0 Å². The molecule has 1 aliphatic carbocycles. The Bertz CT molecular complexity index is 931. The Morgan fingerprint density at radius 2 is 1.85 bits per heavy atom. The first-order valence-corrected chi connectivity index (χ1v) is 10.3. The molecule has 3 heterocycles. The van der Waals surface area contributed by atoms with Crippen LogP contribution in [0.2, 0.25) is 0 Å². The number of likely N-dealkylation sites (tertiary alicyclic amines) is 1. The summed E-state index contributed by atoms with van der Waals surface area (Å²) < 4.78 is 7.51. The SMILES string of the molecule is CC(C)c1nn(-c2noc(C3CCN(C4CCC4)CC3)n2)c2ccccc12. The van der Waals surface area contributed by atoms with E-state index in [4.69, 9.17) is 14.6 Å². The van der Waals surface area contributed by atoms with Crippen molar-refractivity contribution in [2.24, 2.45) is 0 Å². The Morgan fingerprint density at radius 1 is 1.07 bits per heavy atom. The minimum Gasteiger partial charge on any atom is -0.337 e. The molecular formula is C21H27N5O. The van der Waals surface area contributed by atoms with E-state index in [-0.39, 0.29) is 0 Å². The highest BCUT2D eigenvalue weighted by molar-refractivity contribution is 5.83. The first kappa shape index (κ1) is 16.9. The first-order chi connectivity index (χ1) is 13.2. The van der Waals surface area contributed by atoms with E-state index < -0.39 is 0 Å². The van der Waals surface area contributed by atoms with Crippen LogP contribution in [-0.2, 0) is 0 Å². The molecule has 5 rings (SSSR count). The van der Waals surface area contributed by atoms with Gasteiger partial charge in [0.2, 0.25) is 5.89 Å². The highest BCUT2D eigenvalue weighted by atomic mass is 16.5. The fourth-order valence-corrected chi connectivity index (χ4v) is 4.41. The monoisotopic (exact) mass is 365 g/mol. The largest absolute Gasteiger partial charge is 0.337 e. The third-order valence-corrected chi connectivity index (χ3v) is 6.25. The van der Waals surface area contributed by atoms with Gasteiger partial charge in [0.25, 0.3) is 5.95 Å². The molecule has 0 unspecified atom stereocenters. The van der Waals surface area contributed by atoms with E-state index in [1.807, 2.05) is 10.7 Å². The number of rotatable bonds is 4. The van der Waals surface area contributed by atoms with Crippen LogP contribution >= 0.6 is 0 Å². The summed E-state index contributed by atoms with van der Waals surface area (Å²) in [5.41, 5.74) is 2.11. The summed E-state index contributed by atoms with van der Waals surface area (Å²) in [6, 6.07) is 9.10. The standard InChI is InChI=1S/C21H27N5O/c1-14(2)19-17-8-3-4-9-18(17)26(23-19)21-22-20(27-24-21)15-10-12-25(13-11-15)16-6-5-7-16/h3-4,8-9,14-16H,5-7,10-13H2,1-2H3. The molecule has 0 N–H and O–H groups in total. The quantitative estimate of drug-likeness (QED) is 0.691. The molecule has 0 atom stereocenters. The fourth-order valence-electron chi connectivity index (χ4n) is 4.41. The number of nitrogens with zero attached hydrogens (tertiary/aromatic N) is 5. The molecule has 2 aliphatic rings. The predicted molar refractivity (Wildman–Crippen MR) is 104 cm³/mol. The Hall–Kier alpha value is -2.21. The molecule has 0 bridgehead atoms. The maximum Gasteiger partial charge on any atom is 0.291 e. The van der Waals surface area contributed by atoms with Gasteiger partial charge >= 0.3 is 0 Å². The summed E-state index contributed by atoms with van der Waals surface area (Å²) in [7, 11) is 0. The van der Waals surface area contributed by atoms with Gasteiger partial charge in [-0.1, -0.05) is 38.5 Å². The predicted octanol–water partition coefficient (Wildman–Crippen LogP) is 4.26. The first-order valence-electron chi connectivity index (χ1n) is 10.3. The van der Waals surface area contributed by atoms with E-state index in [0.29, 0.717) is 17.8 Å².